The zero-order valence-electron chi connectivity index (χ0n) is 8.31. The van der Waals surface area contributed by atoms with Crippen LogP contribution in [0.2, 0.25) is 0 Å². The van der Waals surface area contributed by atoms with Crippen molar-refractivity contribution < 1.29 is 4.79 Å². The molecule has 12 heavy (non-hydrogen) atoms. The maximum atomic E-state index is 11.5. The molecule has 1 saturated heterocycles. The number of carbonyl (C=O) groups is 1. The normalized spacial score (nSPS) is 29.2. The molecule has 0 bridgehead atoms. The van der Waals surface area contributed by atoms with Gasteiger partial charge in [-0.15, -0.1) is 0 Å². The van der Waals surface area contributed by atoms with Gasteiger partial charge in [-0.2, -0.15) is 0 Å². The minimum Gasteiger partial charge on any atom is -0.356 e. The molecule has 0 aliphatic carbocycles. The monoisotopic (exact) mass is 169 g/mol. The molecule has 70 valence electrons. The van der Waals surface area contributed by atoms with Gasteiger partial charge in [0.05, 0.1) is 0 Å². The highest BCUT2D eigenvalue weighted by molar-refractivity contribution is 5.81. The molecule has 2 nitrogen and oxygen atoms in total. The van der Waals surface area contributed by atoms with Crippen molar-refractivity contribution in [3.63, 3.8) is 0 Å². The first kappa shape index (κ1) is 9.56. The van der Waals surface area contributed by atoms with Crippen molar-refractivity contribution in [1.82, 2.24) is 5.32 Å². The molecule has 1 rings (SSSR count). The van der Waals surface area contributed by atoms with Crippen LogP contribution in [-0.4, -0.2) is 12.5 Å². The quantitative estimate of drug-likeness (QED) is 0.638. The molecular formula is C10H19NO. The van der Waals surface area contributed by atoms with Crippen molar-refractivity contribution >= 4 is 5.91 Å². The van der Waals surface area contributed by atoms with E-state index in [-0.39, 0.29) is 11.3 Å². The number of hydrogen-bond acceptors (Lipinski definition) is 1. The largest absolute Gasteiger partial charge is 0.356 e. The van der Waals surface area contributed by atoms with Crippen LogP contribution in [0.1, 0.15) is 40.0 Å². The second kappa shape index (κ2) is 3.46. The van der Waals surface area contributed by atoms with E-state index in [9.17, 15) is 4.79 Å². The summed E-state index contributed by atoms with van der Waals surface area (Å²) in [4.78, 5) is 11.5. The fourth-order valence-electron chi connectivity index (χ4n) is 1.89. The lowest BCUT2D eigenvalue weighted by Gasteiger charge is -2.23. The second-order valence-corrected chi connectivity index (χ2v) is 4.41. The molecular weight excluding hydrogens is 150 g/mol. The number of hydrogen-bond donors (Lipinski definition) is 1. The summed E-state index contributed by atoms with van der Waals surface area (Å²) in [5, 5.41) is 2.96. The van der Waals surface area contributed by atoms with Crippen molar-refractivity contribution in [2.75, 3.05) is 6.54 Å². The molecule has 1 atom stereocenters. The smallest absolute Gasteiger partial charge is 0.225 e. The Bertz CT molecular complexity index is 175. The van der Waals surface area contributed by atoms with Crippen LogP contribution in [0, 0.1) is 11.3 Å². The Morgan fingerprint density at radius 1 is 1.58 bits per heavy atom. The van der Waals surface area contributed by atoms with Crippen molar-refractivity contribution in [3.05, 3.63) is 0 Å². The predicted octanol–water partition coefficient (Wildman–Crippen LogP) is 1.95. The summed E-state index contributed by atoms with van der Waals surface area (Å²) in [6.45, 7) is 7.14. The average Bonchev–Trinajstić information content (AvgIpc) is 2.12. The molecule has 0 aromatic carbocycles. The predicted molar refractivity (Wildman–Crippen MR) is 49.8 cm³/mol. The SMILES string of the molecule is CCC1CCNC(=O)C(C)(C)C1. The van der Waals surface area contributed by atoms with Gasteiger partial charge < -0.3 is 5.32 Å². The summed E-state index contributed by atoms with van der Waals surface area (Å²) >= 11 is 0. The second-order valence-electron chi connectivity index (χ2n) is 4.41. The molecule has 1 heterocycles. The molecule has 1 fully saturated rings. The van der Waals surface area contributed by atoms with Crippen molar-refractivity contribution in [3.8, 4) is 0 Å². The van der Waals surface area contributed by atoms with Gasteiger partial charge in [0, 0.05) is 12.0 Å². The van der Waals surface area contributed by atoms with Crippen LogP contribution in [0.3, 0.4) is 0 Å². The van der Waals surface area contributed by atoms with Crippen molar-refractivity contribution in [2.45, 2.75) is 40.0 Å². The summed E-state index contributed by atoms with van der Waals surface area (Å²) < 4.78 is 0. The van der Waals surface area contributed by atoms with E-state index in [2.05, 4.69) is 12.2 Å². The molecule has 1 N–H and O–H groups in total. The zero-order valence-corrected chi connectivity index (χ0v) is 8.31. The lowest BCUT2D eigenvalue weighted by Crippen LogP contribution is -2.35. The van der Waals surface area contributed by atoms with Crippen LogP contribution in [0.25, 0.3) is 0 Å². The third-order valence-electron chi connectivity index (χ3n) is 2.83. The Hall–Kier alpha value is -0.530. The minimum absolute atomic E-state index is 0.156. The lowest BCUT2D eigenvalue weighted by molar-refractivity contribution is -0.129. The van der Waals surface area contributed by atoms with Crippen LogP contribution in [-0.2, 0) is 4.79 Å². The van der Waals surface area contributed by atoms with Crippen LogP contribution < -0.4 is 5.32 Å². The van der Waals surface area contributed by atoms with E-state index in [0.717, 1.165) is 25.3 Å². The molecule has 0 saturated carbocycles. The Morgan fingerprint density at radius 3 is 2.83 bits per heavy atom. The zero-order chi connectivity index (χ0) is 9.19. The first-order valence-electron chi connectivity index (χ1n) is 4.84. The van der Waals surface area contributed by atoms with E-state index in [1.165, 1.54) is 6.42 Å². The van der Waals surface area contributed by atoms with E-state index in [0.29, 0.717) is 0 Å². The highest BCUT2D eigenvalue weighted by Gasteiger charge is 2.32. The van der Waals surface area contributed by atoms with E-state index in [4.69, 9.17) is 0 Å². The number of amides is 1. The number of nitrogens with one attached hydrogen (secondary N) is 1. The van der Waals surface area contributed by atoms with Crippen molar-refractivity contribution in [1.29, 1.82) is 0 Å². The van der Waals surface area contributed by atoms with Gasteiger partial charge in [0.25, 0.3) is 0 Å². The summed E-state index contributed by atoms with van der Waals surface area (Å²) in [5.74, 6) is 0.942. The molecule has 0 aromatic heterocycles. The molecule has 1 aliphatic rings. The average molecular weight is 169 g/mol. The summed E-state index contributed by atoms with van der Waals surface area (Å²) in [6, 6.07) is 0. The molecule has 1 unspecified atom stereocenters. The fourth-order valence-corrected chi connectivity index (χ4v) is 1.89. The Labute approximate surface area is 74.7 Å². The number of rotatable bonds is 1. The van der Waals surface area contributed by atoms with Gasteiger partial charge in [-0.25, -0.2) is 0 Å². The van der Waals surface area contributed by atoms with Crippen LogP contribution in [0.5, 0.6) is 0 Å². The maximum Gasteiger partial charge on any atom is 0.225 e. The van der Waals surface area contributed by atoms with Crippen molar-refractivity contribution in [2.24, 2.45) is 11.3 Å². The van der Waals surface area contributed by atoms with Crippen LogP contribution >= 0.6 is 0 Å². The third-order valence-corrected chi connectivity index (χ3v) is 2.83. The molecule has 1 aliphatic heterocycles. The Kier molecular flexibility index (Phi) is 2.76. The van der Waals surface area contributed by atoms with Gasteiger partial charge in [0.2, 0.25) is 5.91 Å². The van der Waals surface area contributed by atoms with Gasteiger partial charge >= 0.3 is 0 Å². The lowest BCUT2D eigenvalue weighted by atomic mass is 9.81. The first-order valence-corrected chi connectivity index (χ1v) is 4.84. The van der Waals surface area contributed by atoms with Gasteiger partial charge in [-0.3, -0.25) is 4.79 Å². The van der Waals surface area contributed by atoms with E-state index in [1.54, 1.807) is 0 Å². The first-order chi connectivity index (χ1) is 5.56. The summed E-state index contributed by atoms with van der Waals surface area (Å²) in [5.41, 5.74) is -0.156. The van der Waals surface area contributed by atoms with E-state index in [1.807, 2.05) is 13.8 Å². The highest BCUT2D eigenvalue weighted by Crippen LogP contribution is 2.31. The maximum absolute atomic E-state index is 11.5. The van der Waals surface area contributed by atoms with Crippen LogP contribution in [0.15, 0.2) is 0 Å². The highest BCUT2D eigenvalue weighted by atomic mass is 16.2. The Balaban J connectivity index is 2.66. The molecule has 0 spiro atoms. The molecule has 0 aromatic rings. The van der Waals surface area contributed by atoms with Gasteiger partial charge in [0.15, 0.2) is 0 Å². The Morgan fingerprint density at radius 2 is 2.25 bits per heavy atom. The van der Waals surface area contributed by atoms with Gasteiger partial charge in [-0.05, 0) is 18.8 Å². The minimum atomic E-state index is -0.156. The van der Waals surface area contributed by atoms with Crippen LogP contribution in [0.4, 0.5) is 0 Å². The van der Waals surface area contributed by atoms with E-state index < -0.39 is 0 Å². The number of carbonyl (C=O) groups excluding carboxylic acids is 1. The summed E-state index contributed by atoms with van der Waals surface area (Å²) in [7, 11) is 0. The molecule has 1 amide bonds. The molecule has 0 radical (unpaired) electrons. The standard InChI is InChI=1S/C10H19NO/c1-4-8-5-6-11-9(12)10(2,3)7-8/h8H,4-7H2,1-3H3,(H,11,12). The summed E-state index contributed by atoms with van der Waals surface area (Å²) in [6.07, 6.45) is 3.37. The van der Waals surface area contributed by atoms with Gasteiger partial charge in [-0.1, -0.05) is 27.2 Å². The molecule has 2 heteroatoms. The van der Waals surface area contributed by atoms with E-state index >= 15 is 0 Å². The fraction of sp³-hybridized carbons (Fsp3) is 0.900. The third kappa shape index (κ3) is 1.99. The topological polar surface area (TPSA) is 29.1 Å². The van der Waals surface area contributed by atoms with Gasteiger partial charge in [0.1, 0.15) is 0 Å².